The first-order chi connectivity index (χ1) is 36.3. The van der Waals surface area contributed by atoms with E-state index in [9.17, 15) is 24.0 Å². The molecule has 1 aliphatic rings. The summed E-state index contributed by atoms with van der Waals surface area (Å²) >= 11 is 0. The molecule has 0 radical (unpaired) electrons. The van der Waals surface area contributed by atoms with Gasteiger partial charge in [0, 0.05) is 78.5 Å². The first-order valence-corrected chi connectivity index (χ1v) is 28.6. The van der Waals surface area contributed by atoms with Gasteiger partial charge in [-0.05, 0) is 96.3 Å². The molecular weight excluding hydrogens is 945 g/mol. The lowest BCUT2D eigenvalue weighted by Gasteiger charge is -2.41. The number of alkyl carbamates (subject to hydrolysis) is 3. The average molecular weight is 1040 g/mol. The minimum Gasteiger partial charge on any atom is -0.450 e. The Labute approximate surface area is 445 Å². The molecule has 0 aliphatic carbocycles. The topological polar surface area (TPSA) is 233 Å². The van der Waals surface area contributed by atoms with Crippen molar-refractivity contribution < 1.29 is 38.2 Å². The van der Waals surface area contributed by atoms with Gasteiger partial charge in [0.15, 0.2) is 0 Å². The van der Waals surface area contributed by atoms with Gasteiger partial charge in [0.05, 0.1) is 44.5 Å². The summed E-state index contributed by atoms with van der Waals surface area (Å²) in [7, 11) is 0. The molecule has 0 atom stereocenters. The molecule has 0 saturated carbocycles. The van der Waals surface area contributed by atoms with Gasteiger partial charge in [-0.1, -0.05) is 97.8 Å². The van der Waals surface area contributed by atoms with Crippen molar-refractivity contribution in [2.45, 2.75) is 194 Å². The zero-order valence-electron chi connectivity index (χ0n) is 46.2. The van der Waals surface area contributed by atoms with Crippen molar-refractivity contribution in [2.24, 2.45) is 30.0 Å². The standard InChI is InChI=1S/C54H98N12O8/c1-4-43-72-50(67)61-37-25-10-7-19-31-55-46-58-34-22-13-16-28-40-64-49-65(41-29-17-14-23-35-59-47-56-32-20-8-11-26-38-62-51(68)73-44-5-2)54(71)66(53(64)70)42-30-18-15-24-36-60-48-57-33-21-9-12-27-39-63-52(69)74-45-6-3/h4-45,49H2,1-3H3,(H,61,67)(H,62,68)(H,63,69). The molecule has 20 nitrogen and oxygen atoms in total. The molecule has 0 aromatic rings. The number of urea groups is 2. The Balaban J connectivity index is 2.44. The van der Waals surface area contributed by atoms with Gasteiger partial charge in [0.2, 0.25) is 0 Å². The molecule has 74 heavy (non-hydrogen) atoms. The number of aliphatic imine (C=N–C) groups is 6. The first-order valence-electron chi connectivity index (χ1n) is 28.6. The summed E-state index contributed by atoms with van der Waals surface area (Å²) in [6, 6.07) is 8.08. The van der Waals surface area contributed by atoms with Gasteiger partial charge in [-0.25, -0.2) is 58.8 Å². The second-order valence-corrected chi connectivity index (χ2v) is 18.6. The van der Waals surface area contributed by atoms with Gasteiger partial charge in [0.25, 0.3) is 0 Å². The third-order valence-electron chi connectivity index (χ3n) is 11.8. The van der Waals surface area contributed by atoms with Crippen LogP contribution in [0.3, 0.4) is 0 Å². The highest BCUT2D eigenvalue weighted by atomic mass is 16.6. The Morgan fingerprint density at radius 1 is 0.392 bits per heavy atom. The number of carbonyl (C=O) groups excluding carboxylic acids is 5. The van der Waals surface area contributed by atoms with Crippen LogP contribution in [0.5, 0.6) is 0 Å². The van der Waals surface area contributed by atoms with E-state index in [1.165, 1.54) is 4.90 Å². The van der Waals surface area contributed by atoms with Crippen molar-refractivity contribution in [1.82, 2.24) is 30.7 Å². The second kappa shape index (κ2) is 51.2. The van der Waals surface area contributed by atoms with Crippen LogP contribution in [0.4, 0.5) is 24.0 Å². The number of carbonyl (C=O) groups is 5. The van der Waals surface area contributed by atoms with E-state index >= 15 is 0 Å². The Kier molecular flexibility index (Phi) is 46.1. The zero-order chi connectivity index (χ0) is 53.6. The molecule has 7 amide bonds. The van der Waals surface area contributed by atoms with Crippen molar-refractivity contribution >= 4 is 48.4 Å². The molecule has 0 unspecified atom stereocenters. The van der Waals surface area contributed by atoms with Crippen molar-refractivity contribution in [3.05, 3.63) is 0 Å². The SMILES string of the molecule is CCCOC(=O)NCCCCCCN=C=NCCCCCCN1CN(CCCCCCN=C=NCCCCCCNC(=O)OCCC)C(=O)N(CCCCCCN=C=NCCCCCCNC(=O)OCCC)C1=O. The van der Waals surface area contributed by atoms with E-state index in [0.717, 1.165) is 173 Å². The number of ether oxygens (including phenoxy) is 3. The number of imide groups is 1. The minimum atomic E-state index is -0.346. The zero-order valence-corrected chi connectivity index (χ0v) is 46.2. The van der Waals surface area contributed by atoms with Gasteiger partial charge in [-0.2, -0.15) is 0 Å². The van der Waals surface area contributed by atoms with Crippen molar-refractivity contribution in [1.29, 1.82) is 0 Å². The van der Waals surface area contributed by atoms with Crippen LogP contribution in [-0.2, 0) is 14.2 Å². The lowest BCUT2D eigenvalue weighted by Crippen LogP contribution is -2.61. The van der Waals surface area contributed by atoms with Crippen molar-refractivity contribution in [2.75, 3.05) is 105 Å². The van der Waals surface area contributed by atoms with Crippen LogP contribution in [0.25, 0.3) is 0 Å². The summed E-state index contributed by atoms with van der Waals surface area (Å²) in [5, 5.41) is 8.30. The Morgan fingerprint density at radius 3 is 0.932 bits per heavy atom. The molecule has 1 saturated heterocycles. The maximum Gasteiger partial charge on any atom is 0.407 e. The van der Waals surface area contributed by atoms with Crippen LogP contribution in [0.2, 0.25) is 0 Å². The average Bonchev–Trinajstić information content (AvgIpc) is 3.40. The van der Waals surface area contributed by atoms with E-state index in [1.54, 1.807) is 0 Å². The highest BCUT2D eigenvalue weighted by molar-refractivity contribution is 5.95. The molecule has 422 valence electrons. The van der Waals surface area contributed by atoms with Crippen LogP contribution in [-0.4, -0.2) is 168 Å². The van der Waals surface area contributed by atoms with Gasteiger partial charge in [0.1, 0.15) is 0 Å². The van der Waals surface area contributed by atoms with E-state index in [4.69, 9.17) is 14.2 Å². The van der Waals surface area contributed by atoms with Crippen molar-refractivity contribution in [3.63, 3.8) is 0 Å². The van der Waals surface area contributed by atoms with Crippen LogP contribution >= 0.6 is 0 Å². The fourth-order valence-electron chi connectivity index (χ4n) is 7.55. The molecule has 1 fully saturated rings. The fourth-order valence-corrected chi connectivity index (χ4v) is 7.55. The summed E-state index contributed by atoms with van der Waals surface area (Å²) in [5.41, 5.74) is 0. The third-order valence-corrected chi connectivity index (χ3v) is 11.8. The lowest BCUT2D eigenvalue weighted by atomic mass is 10.1. The lowest BCUT2D eigenvalue weighted by molar-refractivity contribution is 0.0758. The first kappa shape index (κ1) is 66.7. The monoisotopic (exact) mass is 1040 g/mol. The van der Waals surface area contributed by atoms with E-state index in [2.05, 4.69) is 63.9 Å². The van der Waals surface area contributed by atoms with Gasteiger partial charge in [-0.15, -0.1) is 0 Å². The van der Waals surface area contributed by atoms with E-state index in [1.807, 2.05) is 30.6 Å². The van der Waals surface area contributed by atoms with Crippen LogP contribution in [0.1, 0.15) is 194 Å². The largest absolute Gasteiger partial charge is 0.450 e. The summed E-state index contributed by atoms with van der Waals surface area (Å²) < 4.78 is 15.0. The smallest absolute Gasteiger partial charge is 0.407 e. The molecular formula is C54H98N12O8. The summed E-state index contributed by atoms with van der Waals surface area (Å²) in [5.74, 6) is 0. The molecule has 20 heteroatoms. The molecule has 1 rings (SSSR count). The number of amides is 7. The minimum absolute atomic E-state index is 0.196. The van der Waals surface area contributed by atoms with Gasteiger partial charge in [-0.3, -0.25) is 0 Å². The summed E-state index contributed by atoms with van der Waals surface area (Å²) in [6.45, 7) is 15.1. The van der Waals surface area contributed by atoms with Crippen LogP contribution in [0.15, 0.2) is 30.0 Å². The summed E-state index contributed by atoms with van der Waals surface area (Å²) in [6.07, 6.45) is 24.2. The number of hydrogen-bond donors (Lipinski definition) is 3. The van der Waals surface area contributed by atoms with E-state index < -0.39 is 0 Å². The molecule has 0 spiro atoms. The Morgan fingerprint density at radius 2 is 0.649 bits per heavy atom. The fraction of sp³-hybridized carbons (Fsp3) is 0.852. The maximum atomic E-state index is 13.7. The van der Waals surface area contributed by atoms with Gasteiger partial charge < -0.3 is 40.0 Å². The Bertz CT molecular complexity index is 1570. The molecule has 3 N–H and O–H groups in total. The quantitative estimate of drug-likeness (QED) is 0.0300. The number of rotatable bonds is 48. The second-order valence-electron chi connectivity index (χ2n) is 18.6. The number of nitrogens with one attached hydrogen (secondary N) is 3. The van der Waals surface area contributed by atoms with Crippen LogP contribution < -0.4 is 16.0 Å². The Hall–Kier alpha value is -5.31. The van der Waals surface area contributed by atoms with E-state index in [0.29, 0.717) is 105 Å². The number of unbranched alkanes of at least 4 members (excludes halogenated alkanes) is 18. The predicted molar refractivity (Wildman–Crippen MR) is 294 cm³/mol. The molecule has 0 aromatic carbocycles. The highest BCUT2D eigenvalue weighted by Crippen LogP contribution is 2.18. The third kappa shape index (κ3) is 41.1. The normalized spacial score (nSPS) is 12.0. The molecule has 1 aliphatic heterocycles. The van der Waals surface area contributed by atoms with Gasteiger partial charge >= 0.3 is 30.3 Å². The number of nitrogens with zero attached hydrogens (tertiary/aromatic N) is 9. The highest BCUT2D eigenvalue weighted by Gasteiger charge is 2.36. The van der Waals surface area contributed by atoms with Crippen molar-refractivity contribution in [3.8, 4) is 0 Å². The molecule has 0 bridgehead atoms. The van der Waals surface area contributed by atoms with Crippen LogP contribution in [0, 0.1) is 0 Å². The summed E-state index contributed by atoms with van der Waals surface area (Å²) in [4.78, 5) is 92.7. The predicted octanol–water partition coefficient (Wildman–Crippen LogP) is 11.4. The molecule has 1 heterocycles. The number of hydrogen-bond acceptors (Lipinski definition) is 14. The van der Waals surface area contributed by atoms with E-state index in [-0.39, 0.29) is 30.3 Å². The maximum absolute atomic E-state index is 13.7. The molecule has 0 aromatic heterocycles.